The third kappa shape index (κ3) is 5.89. The van der Waals surface area contributed by atoms with E-state index in [0.717, 1.165) is 36.9 Å². The topological polar surface area (TPSA) is 174 Å². The molecule has 2 atom stereocenters. The van der Waals surface area contributed by atoms with Gasteiger partial charge in [0.15, 0.2) is 5.82 Å². The minimum Gasteiger partial charge on any atom is -0.481 e. The van der Waals surface area contributed by atoms with Crippen LogP contribution in [-0.4, -0.2) is 60.3 Å². The molecule has 2 aliphatic rings. The molecule has 2 amide bonds. The zero-order valence-electron chi connectivity index (χ0n) is 21.4. The highest BCUT2D eigenvalue weighted by Gasteiger charge is 2.39. The molecule has 5 rings (SSSR count). The number of carboxylic acid groups (broad SMARTS) is 1. The smallest absolute Gasteiger partial charge is 0.303 e. The van der Waals surface area contributed by atoms with Crippen molar-refractivity contribution in [2.45, 2.75) is 69.9 Å². The number of rotatable bonds is 11. The van der Waals surface area contributed by atoms with Crippen molar-refractivity contribution in [1.82, 2.24) is 30.9 Å². The molecular formula is C27H31N7O5. The van der Waals surface area contributed by atoms with Crippen LogP contribution in [0.4, 0.5) is 5.69 Å². The van der Waals surface area contributed by atoms with Crippen LogP contribution in [0.2, 0.25) is 0 Å². The van der Waals surface area contributed by atoms with Gasteiger partial charge in [-0.1, -0.05) is 36.3 Å². The molecule has 4 N–H and O–H groups in total. The van der Waals surface area contributed by atoms with Crippen molar-refractivity contribution in [2.75, 3.05) is 4.90 Å². The maximum atomic E-state index is 13.9. The highest BCUT2D eigenvalue weighted by molar-refractivity contribution is 6.10. The summed E-state index contributed by atoms with van der Waals surface area (Å²) in [5, 5.41) is 25.3. The number of benzene rings is 1. The van der Waals surface area contributed by atoms with Gasteiger partial charge in [-0.15, -0.1) is 10.2 Å². The minimum absolute atomic E-state index is 0.00371. The Bertz CT molecular complexity index is 1350. The number of aromatic nitrogens is 5. The number of hydrogen-bond acceptors (Lipinski definition) is 7. The highest BCUT2D eigenvalue weighted by atomic mass is 16.4. The summed E-state index contributed by atoms with van der Waals surface area (Å²) in [5.74, 6) is -1.25. The number of ketones is 1. The average molecular weight is 534 g/mol. The zero-order valence-corrected chi connectivity index (χ0v) is 21.4. The van der Waals surface area contributed by atoms with E-state index in [1.807, 2.05) is 30.3 Å². The molecule has 1 aliphatic heterocycles. The van der Waals surface area contributed by atoms with E-state index in [9.17, 15) is 19.2 Å². The van der Waals surface area contributed by atoms with Crippen LogP contribution < -0.4 is 10.2 Å². The molecule has 2 aromatic heterocycles. The lowest BCUT2D eigenvalue weighted by Gasteiger charge is -2.25. The molecule has 1 aliphatic carbocycles. The van der Waals surface area contributed by atoms with Crippen LogP contribution in [-0.2, 0) is 27.3 Å². The Labute approximate surface area is 224 Å². The van der Waals surface area contributed by atoms with Gasteiger partial charge in [0.2, 0.25) is 5.91 Å². The number of hydrogen-bond donors (Lipinski definition) is 4. The Kier molecular flexibility index (Phi) is 7.80. The first kappa shape index (κ1) is 26.3. The number of H-pyrrole nitrogens is 2. The van der Waals surface area contributed by atoms with Crippen LogP contribution in [0.15, 0.2) is 36.4 Å². The molecule has 0 saturated heterocycles. The number of para-hydroxylation sites is 1. The summed E-state index contributed by atoms with van der Waals surface area (Å²) in [6.07, 6.45) is 4.56. The van der Waals surface area contributed by atoms with Crippen molar-refractivity contribution in [3.8, 4) is 0 Å². The quantitative estimate of drug-likeness (QED) is 0.291. The van der Waals surface area contributed by atoms with Crippen LogP contribution in [0.5, 0.6) is 0 Å². The molecule has 204 valence electrons. The molecule has 0 radical (unpaired) electrons. The number of Topliss-reactive ketones (excluding diaryl/α,β-unsaturated/α-hetero) is 1. The fraction of sp³-hybridized carbons (Fsp3) is 0.444. The molecule has 0 bridgehead atoms. The van der Waals surface area contributed by atoms with Gasteiger partial charge in [-0.3, -0.25) is 24.1 Å². The Hall–Kier alpha value is -4.35. The number of amides is 2. The summed E-state index contributed by atoms with van der Waals surface area (Å²) in [6.45, 7) is 0.0792. The number of carbonyl (C=O) groups is 4. The van der Waals surface area contributed by atoms with E-state index in [4.69, 9.17) is 5.11 Å². The SMILES string of the molecule is O=C(O)CCC(=O)C[C@@H](c1ccc(C(=O)N2c3ccccc3C[C@H]2C(=O)NCc2nn[nH]n2)[nH]1)C1CCCC1. The van der Waals surface area contributed by atoms with E-state index in [0.29, 0.717) is 23.6 Å². The van der Waals surface area contributed by atoms with Gasteiger partial charge in [0, 0.05) is 36.6 Å². The summed E-state index contributed by atoms with van der Waals surface area (Å²) < 4.78 is 0. The molecule has 0 spiro atoms. The van der Waals surface area contributed by atoms with E-state index in [-0.39, 0.29) is 55.2 Å². The van der Waals surface area contributed by atoms with E-state index in [1.54, 1.807) is 6.07 Å². The van der Waals surface area contributed by atoms with Gasteiger partial charge >= 0.3 is 5.97 Å². The van der Waals surface area contributed by atoms with Gasteiger partial charge in [-0.05, 0) is 42.5 Å². The molecule has 0 unspecified atom stereocenters. The lowest BCUT2D eigenvalue weighted by atomic mass is 9.83. The summed E-state index contributed by atoms with van der Waals surface area (Å²) in [6, 6.07) is 10.2. The van der Waals surface area contributed by atoms with Crippen LogP contribution in [0.3, 0.4) is 0 Å². The van der Waals surface area contributed by atoms with Crippen molar-refractivity contribution in [1.29, 1.82) is 0 Å². The third-order valence-electron chi connectivity index (χ3n) is 7.68. The number of nitrogens with zero attached hydrogens (tertiary/aromatic N) is 4. The van der Waals surface area contributed by atoms with Crippen molar-refractivity contribution in [3.05, 3.63) is 59.2 Å². The fourth-order valence-electron chi connectivity index (χ4n) is 5.75. The van der Waals surface area contributed by atoms with Crippen LogP contribution in [0, 0.1) is 5.92 Å². The Morgan fingerprint density at radius 1 is 1.08 bits per heavy atom. The average Bonchev–Trinajstić information content (AvgIpc) is 3.74. The molecule has 39 heavy (non-hydrogen) atoms. The van der Waals surface area contributed by atoms with Crippen molar-refractivity contribution in [2.24, 2.45) is 5.92 Å². The summed E-state index contributed by atoms with van der Waals surface area (Å²) >= 11 is 0. The monoisotopic (exact) mass is 533 g/mol. The molecule has 12 heteroatoms. The number of carbonyl (C=O) groups excluding carboxylic acids is 3. The summed E-state index contributed by atoms with van der Waals surface area (Å²) in [7, 11) is 0. The number of tetrazole rings is 1. The number of anilines is 1. The van der Waals surface area contributed by atoms with Gasteiger partial charge in [-0.2, -0.15) is 5.21 Å². The molecule has 1 fully saturated rings. The normalized spacial score (nSPS) is 17.6. The standard InChI is InChI=1S/C27H31N7O5/c35-18(9-12-25(36)37)14-19(16-5-1-2-6-16)20-10-11-21(29-20)27(39)34-22-8-4-3-7-17(22)13-23(34)26(38)28-15-24-30-32-33-31-24/h3-4,7-8,10-11,16,19,23,29H,1-2,5-6,9,12-15H2,(H,28,38)(H,36,37)(H,30,31,32,33)/t19-,23+/m1/s1. The van der Waals surface area contributed by atoms with Crippen molar-refractivity contribution in [3.63, 3.8) is 0 Å². The maximum absolute atomic E-state index is 13.9. The van der Waals surface area contributed by atoms with Crippen molar-refractivity contribution < 1.29 is 24.3 Å². The van der Waals surface area contributed by atoms with Crippen molar-refractivity contribution >= 4 is 29.3 Å². The second-order valence-corrected chi connectivity index (χ2v) is 10.2. The Balaban J connectivity index is 1.36. The number of carboxylic acids is 1. The molecular weight excluding hydrogens is 502 g/mol. The van der Waals surface area contributed by atoms with Crippen LogP contribution in [0.25, 0.3) is 0 Å². The number of aromatic amines is 2. The number of nitrogens with one attached hydrogen (secondary N) is 3. The van der Waals surface area contributed by atoms with Gasteiger partial charge in [0.05, 0.1) is 13.0 Å². The van der Waals surface area contributed by atoms with E-state index >= 15 is 0 Å². The molecule has 3 heterocycles. The number of fused-ring (bicyclic) bond motifs is 1. The largest absolute Gasteiger partial charge is 0.481 e. The second kappa shape index (κ2) is 11.6. The van der Waals surface area contributed by atoms with Crippen LogP contribution >= 0.6 is 0 Å². The lowest BCUT2D eigenvalue weighted by Crippen LogP contribution is -2.48. The lowest BCUT2D eigenvalue weighted by molar-refractivity contribution is -0.138. The van der Waals surface area contributed by atoms with Gasteiger partial charge in [-0.25, -0.2) is 0 Å². The van der Waals surface area contributed by atoms with Gasteiger partial charge in [0.25, 0.3) is 5.91 Å². The van der Waals surface area contributed by atoms with Gasteiger partial charge < -0.3 is 15.4 Å². The third-order valence-corrected chi connectivity index (χ3v) is 7.68. The molecule has 3 aromatic rings. The summed E-state index contributed by atoms with van der Waals surface area (Å²) in [4.78, 5) is 55.4. The molecule has 1 aromatic carbocycles. The predicted octanol–water partition coefficient (Wildman–Crippen LogP) is 2.51. The fourth-order valence-corrected chi connectivity index (χ4v) is 5.75. The summed E-state index contributed by atoms with van der Waals surface area (Å²) in [5.41, 5.74) is 2.69. The first-order chi connectivity index (χ1) is 18.9. The van der Waals surface area contributed by atoms with Crippen LogP contribution in [0.1, 0.15) is 78.4 Å². The second-order valence-electron chi connectivity index (χ2n) is 10.2. The van der Waals surface area contributed by atoms with E-state index < -0.39 is 12.0 Å². The Morgan fingerprint density at radius 2 is 1.87 bits per heavy atom. The first-order valence-corrected chi connectivity index (χ1v) is 13.2. The van der Waals surface area contributed by atoms with Gasteiger partial charge in [0.1, 0.15) is 17.5 Å². The molecule has 1 saturated carbocycles. The molecule has 12 nitrogen and oxygen atoms in total. The number of aliphatic carboxylic acids is 1. The highest BCUT2D eigenvalue weighted by Crippen LogP contribution is 2.40. The minimum atomic E-state index is -0.990. The maximum Gasteiger partial charge on any atom is 0.303 e. The Morgan fingerprint density at radius 3 is 2.62 bits per heavy atom. The van der Waals surface area contributed by atoms with E-state index in [2.05, 4.69) is 30.9 Å². The zero-order chi connectivity index (χ0) is 27.4. The predicted molar refractivity (Wildman–Crippen MR) is 139 cm³/mol. The first-order valence-electron chi connectivity index (χ1n) is 13.2. The van der Waals surface area contributed by atoms with E-state index in [1.165, 1.54) is 4.90 Å².